The summed E-state index contributed by atoms with van der Waals surface area (Å²) in [4.78, 5) is 0. The van der Waals surface area contributed by atoms with E-state index in [-0.39, 0.29) is 24.6 Å². The van der Waals surface area contributed by atoms with E-state index in [1.54, 1.807) is 27.9 Å². The highest BCUT2D eigenvalue weighted by molar-refractivity contribution is 5.63. The lowest BCUT2D eigenvalue weighted by Crippen LogP contribution is -2.70. The molecular weight excluding hydrogens is 574 g/mol. The first-order valence-electron chi connectivity index (χ1n) is 18.6. The number of hydrogen-bond acceptors (Lipinski definition) is 4. The fourth-order valence-electron chi connectivity index (χ4n) is 10.3. The lowest BCUT2D eigenvalue weighted by Gasteiger charge is -2.46. The average molecular weight is 622 g/mol. The molecule has 9 aliphatic rings. The second-order valence-electron chi connectivity index (χ2n) is 15.2. The number of nitrogens with one attached hydrogen (secondary N) is 3. The number of ether oxygens (including phenoxy) is 1. The Morgan fingerprint density at radius 2 is 1.66 bits per heavy atom. The summed E-state index contributed by atoms with van der Waals surface area (Å²) in [5.41, 5.74) is 15.5. The van der Waals surface area contributed by atoms with Crippen LogP contribution in [0.5, 0.6) is 5.75 Å². The van der Waals surface area contributed by atoms with Crippen molar-refractivity contribution < 1.29 is 4.74 Å². The first-order chi connectivity index (χ1) is 23.3. The summed E-state index contributed by atoms with van der Waals surface area (Å²) in [7, 11) is 0. The Labute approximate surface area is 279 Å². The summed E-state index contributed by atoms with van der Waals surface area (Å²) in [6, 6.07) is 8.75. The van der Waals surface area contributed by atoms with Crippen LogP contribution in [0.3, 0.4) is 0 Å². The molecule has 3 N–H and O–H groups in total. The number of para-hydroxylation sites is 1. The van der Waals surface area contributed by atoms with E-state index >= 15 is 0 Å². The van der Waals surface area contributed by atoms with Crippen LogP contribution in [0.4, 0.5) is 0 Å². The number of rotatable bonds is 3. The van der Waals surface area contributed by atoms with Crippen molar-refractivity contribution in [3.63, 3.8) is 0 Å². The van der Waals surface area contributed by atoms with Crippen LogP contribution in [0, 0.1) is 11.8 Å². The Morgan fingerprint density at radius 3 is 2.66 bits per heavy atom. The van der Waals surface area contributed by atoms with E-state index in [4.69, 9.17) is 4.74 Å². The van der Waals surface area contributed by atoms with E-state index in [9.17, 15) is 0 Å². The minimum Gasteiger partial charge on any atom is -0.485 e. The Balaban J connectivity index is 0.997. The van der Waals surface area contributed by atoms with Crippen LogP contribution in [0.2, 0.25) is 0 Å². The lowest BCUT2D eigenvalue weighted by molar-refractivity contribution is 0.196. The third-order valence-corrected chi connectivity index (χ3v) is 12.7. The van der Waals surface area contributed by atoms with Crippen molar-refractivity contribution in [3.8, 4) is 5.75 Å². The van der Waals surface area contributed by atoms with Crippen molar-refractivity contribution >= 4 is 0 Å². The highest BCUT2D eigenvalue weighted by atomic mass is 16.5. The van der Waals surface area contributed by atoms with Gasteiger partial charge in [0.1, 0.15) is 11.9 Å². The van der Waals surface area contributed by atoms with Gasteiger partial charge in [0.15, 0.2) is 0 Å². The fourth-order valence-corrected chi connectivity index (χ4v) is 10.3. The molecule has 1 saturated heterocycles. The summed E-state index contributed by atoms with van der Waals surface area (Å²) < 4.78 is 6.50. The Hall–Kier alpha value is -3.44. The van der Waals surface area contributed by atoms with Crippen LogP contribution in [0.1, 0.15) is 88.5 Å². The van der Waals surface area contributed by atoms with Gasteiger partial charge in [0.05, 0.1) is 24.4 Å². The maximum atomic E-state index is 6.50. The molecule has 1 aromatic carbocycles. The smallest absolute Gasteiger partial charge is 0.128 e. The average Bonchev–Trinajstić information content (AvgIpc) is 3.53. The molecule has 0 spiro atoms. The SMILES string of the molecule is C1=CC2=CC=C(C3NC(C4=CCCC5=C4CCC4=C5C5c6ccccc6OC5C=C4)NC(C4C=CC5=C(CCCC5)C4)N3)CC2CC1. The molecule has 4 heteroatoms. The third kappa shape index (κ3) is 4.90. The number of allylic oxidation sites excluding steroid dienone is 12. The van der Waals surface area contributed by atoms with Gasteiger partial charge in [-0.25, -0.2) is 0 Å². The van der Waals surface area contributed by atoms with Crippen molar-refractivity contribution in [2.45, 2.75) is 108 Å². The molecule has 2 heterocycles. The van der Waals surface area contributed by atoms with Crippen molar-refractivity contribution in [1.82, 2.24) is 16.0 Å². The summed E-state index contributed by atoms with van der Waals surface area (Å²) in [6.45, 7) is 0. The van der Waals surface area contributed by atoms with Gasteiger partial charge in [-0.05, 0) is 140 Å². The molecule has 7 aliphatic carbocycles. The molecule has 0 aromatic heterocycles. The van der Waals surface area contributed by atoms with Crippen LogP contribution in [0.25, 0.3) is 0 Å². The van der Waals surface area contributed by atoms with Gasteiger partial charge in [0.25, 0.3) is 0 Å². The van der Waals surface area contributed by atoms with Crippen LogP contribution in [-0.2, 0) is 0 Å². The van der Waals surface area contributed by atoms with Crippen LogP contribution in [0.15, 0.2) is 129 Å². The molecule has 240 valence electrons. The second kappa shape index (κ2) is 11.6. The van der Waals surface area contributed by atoms with E-state index in [0.29, 0.717) is 17.8 Å². The minimum atomic E-state index is 0.110. The second-order valence-corrected chi connectivity index (χ2v) is 15.2. The molecule has 1 aromatic rings. The van der Waals surface area contributed by atoms with Gasteiger partial charge in [-0.2, -0.15) is 0 Å². The monoisotopic (exact) mass is 621 g/mol. The Bertz CT molecular complexity index is 1790. The predicted octanol–water partition coefficient (Wildman–Crippen LogP) is 8.64. The minimum absolute atomic E-state index is 0.110. The lowest BCUT2D eigenvalue weighted by atomic mass is 9.69. The molecule has 0 amide bonds. The Morgan fingerprint density at radius 1 is 0.745 bits per heavy atom. The van der Waals surface area contributed by atoms with Gasteiger partial charge >= 0.3 is 0 Å². The van der Waals surface area contributed by atoms with E-state index in [2.05, 4.69) is 94.9 Å². The maximum Gasteiger partial charge on any atom is 0.128 e. The molecule has 4 nitrogen and oxygen atoms in total. The zero-order valence-corrected chi connectivity index (χ0v) is 27.4. The van der Waals surface area contributed by atoms with Crippen LogP contribution in [-0.4, -0.2) is 24.6 Å². The molecule has 0 bridgehead atoms. The maximum absolute atomic E-state index is 6.50. The predicted molar refractivity (Wildman–Crippen MR) is 190 cm³/mol. The highest BCUT2D eigenvalue weighted by Gasteiger charge is 2.43. The number of fused-ring (bicyclic) bond motifs is 6. The zero-order valence-electron chi connectivity index (χ0n) is 27.4. The molecule has 2 aliphatic heterocycles. The van der Waals surface area contributed by atoms with Gasteiger partial charge in [0, 0.05) is 11.5 Å². The van der Waals surface area contributed by atoms with Crippen molar-refractivity contribution in [1.29, 1.82) is 0 Å². The van der Waals surface area contributed by atoms with Gasteiger partial charge < -0.3 is 4.74 Å². The van der Waals surface area contributed by atoms with Gasteiger partial charge in [0.2, 0.25) is 0 Å². The molecule has 10 rings (SSSR count). The molecule has 7 unspecified atom stereocenters. The fraction of sp³-hybridized carbons (Fsp3) is 0.442. The first-order valence-corrected chi connectivity index (χ1v) is 18.6. The largest absolute Gasteiger partial charge is 0.485 e. The number of hydrogen-bond donors (Lipinski definition) is 3. The quantitative estimate of drug-likeness (QED) is 0.316. The number of benzene rings is 1. The first kappa shape index (κ1) is 28.6. The molecule has 0 radical (unpaired) electrons. The summed E-state index contributed by atoms with van der Waals surface area (Å²) in [5.74, 6) is 2.49. The van der Waals surface area contributed by atoms with Gasteiger partial charge in [-0.15, -0.1) is 0 Å². The van der Waals surface area contributed by atoms with Gasteiger partial charge in [-0.1, -0.05) is 72.4 Å². The van der Waals surface area contributed by atoms with Crippen molar-refractivity contribution in [3.05, 3.63) is 135 Å². The van der Waals surface area contributed by atoms with Gasteiger partial charge in [-0.3, -0.25) is 16.0 Å². The van der Waals surface area contributed by atoms with Crippen molar-refractivity contribution in [2.75, 3.05) is 0 Å². The van der Waals surface area contributed by atoms with Crippen molar-refractivity contribution in [2.24, 2.45) is 11.8 Å². The molecule has 47 heavy (non-hydrogen) atoms. The van der Waals surface area contributed by atoms with Crippen LogP contribution < -0.4 is 20.7 Å². The summed E-state index contributed by atoms with van der Waals surface area (Å²) >= 11 is 0. The summed E-state index contributed by atoms with van der Waals surface area (Å²) in [5, 5.41) is 12.4. The topological polar surface area (TPSA) is 45.3 Å². The molecule has 0 saturated carbocycles. The molecular formula is C43H47N3O. The third-order valence-electron chi connectivity index (χ3n) is 12.7. The standard InChI is InChI=1S/C43H47N3O/c1-3-10-29-24-31(18-16-26(29)8-1)41-44-42(32-19-17-27-9-2-4-11-30(27)25-32)46-43(45-41)35-14-7-13-34-33(35)22-20-28-21-23-38-40(39(28)34)36-12-5-6-15-37(36)47-38/h1,5-6,8,12,14-19,21,23,29,32,38,40-46H,2-4,7,9-11,13,20,22,24-25H2. The van der Waals surface area contributed by atoms with E-state index in [1.807, 2.05) is 0 Å². The highest BCUT2D eigenvalue weighted by Crippen LogP contribution is 2.53. The zero-order chi connectivity index (χ0) is 30.9. The van der Waals surface area contributed by atoms with Crippen LogP contribution >= 0.6 is 0 Å². The Kier molecular flexibility index (Phi) is 7.06. The van der Waals surface area contributed by atoms with E-state index < -0.39 is 0 Å². The normalized spacial score (nSPS) is 35.5. The molecule has 7 atom stereocenters. The van der Waals surface area contributed by atoms with E-state index in [1.165, 1.54) is 72.8 Å². The molecule has 1 fully saturated rings. The summed E-state index contributed by atoms with van der Waals surface area (Å²) in [6.07, 6.45) is 36.9. The van der Waals surface area contributed by atoms with E-state index in [0.717, 1.165) is 37.9 Å².